The highest BCUT2D eigenvalue weighted by Crippen LogP contribution is 2.33. The summed E-state index contributed by atoms with van der Waals surface area (Å²) in [5.74, 6) is -0.794. The van der Waals surface area contributed by atoms with E-state index in [4.69, 9.17) is 4.74 Å². The molecule has 0 fully saturated rings. The van der Waals surface area contributed by atoms with Crippen molar-refractivity contribution < 1.29 is 19.1 Å². The molecule has 3 rings (SSSR count). The van der Waals surface area contributed by atoms with Crippen LogP contribution in [0.2, 0.25) is 0 Å². The Hall–Kier alpha value is -3.16. The van der Waals surface area contributed by atoms with Crippen LogP contribution in [0.3, 0.4) is 0 Å². The smallest absolute Gasteiger partial charge is 0.358 e. The van der Waals surface area contributed by atoms with Gasteiger partial charge in [-0.05, 0) is 50.3 Å². The first-order valence-corrected chi connectivity index (χ1v) is 11.2. The van der Waals surface area contributed by atoms with Crippen molar-refractivity contribution in [1.29, 1.82) is 0 Å². The van der Waals surface area contributed by atoms with Crippen LogP contribution in [-0.2, 0) is 22.5 Å². The van der Waals surface area contributed by atoms with E-state index in [1.54, 1.807) is 13.8 Å². The monoisotopic (exact) mass is 440 g/mol. The Bertz CT molecular complexity index is 996. The number of hydrogen-bond donors (Lipinski definition) is 1. The van der Waals surface area contributed by atoms with Gasteiger partial charge in [0.05, 0.1) is 13.2 Å². The zero-order valence-electron chi connectivity index (χ0n) is 19.5. The molecule has 32 heavy (non-hydrogen) atoms. The Kier molecular flexibility index (Phi) is 7.01. The van der Waals surface area contributed by atoms with Crippen molar-refractivity contribution in [3.05, 3.63) is 47.3 Å². The minimum Gasteiger partial charge on any atom is -0.461 e. The van der Waals surface area contributed by atoms with E-state index in [0.29, 0.717) is 18.2 Å². The van der Waals surface area contributed by atoms with E-state index in [1.807, 2.05) is 24.3 Å². The highest BCUT2D eigenvalue weighted by Gasteiger charge is 2.49. The zero-order valence-corrected chi connectivity index (χ0v) is 19.5. The van der Waals surface area contributed by atoms with Gasteiger partial charge in [-0.2, -0.15) is 5.10 Å². The van der Waals surface area contributed by atoms with Crippen LogP contribution in [0.1, 0.15) is 67.6 Å². The molecule has 172 valence electrons. The molecular weight excluding hydrogens is 408 g/mol. The fourth-order valence-electron chi connectivity index (χ4n) is 3.84. The summed E-state index contributed by atoms with van der Waals surface area (Å²) in [6.07, 6.45) is 1.71. The third-order valence-electron chi connectivity index (χ3n) is 5.74. The molecule has 0 saturated heterocycles. The topological polar surface area (TPSA) is 93.5 Å². The van der Waals surface area contributed by atoms with Crippen molar-refractivity contribution in [3.63, 3.8) is 0 Å². The van der Waals surface area contributed by atoms with Gasteiger partial charge in [0.25, 0.3) is 5.91 Å². The van der Waals surface area contributed by atoms with Crippen LogP contribution in [0.15, 0.2) is 30.3 Å². The number of carbonyl (C=O) groups excluding carboxylic acids is 3. The largest absolute Gasteiger partial charge is 0.461 e. The van der Waals surface area contributed by atoms with Gasteiger partial charge in [0.15, 0.2) is 5.69 Å². The van der Waals surface area contributed by atoms with Crippen molar-refractivity contribution in [2.75, 3.05) is 18.1 Å². The maximum absolute atomic E-state index is 13.6. The van der Waals surface area contributed by atoms with Gasteiger partial charge in [0.1, 0.15) is 11.2 Å². The number of fused-ring (bicyclic) bond motifs is 1. The molecule has 1 aromatic heterocycles. The second kappa shape index (κ2) is 9.54. The molecule has 1 N–H and O–H groups in total. The molecule has 0 aliphatic carbocycles. The average molecular weight is 441 g/mol. The van der Waals surface area contributed by atoms with E-state index in [1.165, 1.54) is 15.6 Å². The molecule has 2 amide bonds. The Balaban J connectivity index is 2.02. The van der Waals surface area contributed by atoms with Crippen LogP contribution >= 0.6 is 0 Å². The first-order chi connectivity index (χ1) is 15.2. The number of anilines is 1. The number of aromatic nitrogens is 2. The molecular formula is C24H32N4O4. The average Bonchev–Trinajstić information content (AvgIpc) is 3.18. The van der Waals surface area contributed by atoms with Crippen molar-refractivity contribution in [1.82, 2.24) is 15.1 Å². The molecule has 8 heteroatoms. The summed E-state index contributed by atoms with van der Waals surface area (Å²) in [5.41, 5.74) is 0.850. The van der Waals surface area contributed by atoms with E-state index in [2.05, 4.69) is 31.2 Å². The summed E-state index contributed by atoms with van der Waals surface area (Å²) in [7, 11) is 0. The van der Waals surface area contributed by atoms with Crippen LogP contribution in [0.25, 0.3) is 0 Å². The predicted octanol–water partition coefficient (Wildman–Crippen LogP) is 3.20. The third kappa shape index (κ3) is 4.54. The van der Waals surface area contributed by atoms with E-state index in [-0.39, 0.29) is 36.4 Å². The lowest BCUT2D eigenvalue weighted by Gasteiger charge is -2.43. The van der Waals surface area contributed by atoms with Crippen molar-refractivity contribution in [2.45, 2.75) is 59.5 Å². The fraction of sp³-hybridized carbons (Fsp3) is 0.500. The third-order valence-corrected chi connectivity index (χ3v) is 5.74. The summed E-state index contributed by atoms with van der Waals surface area (Å²) >= 11 is 0. The Morgan fingerprint density at radius 3 is 2.50 bits per heavy atom. The number of amides is 2. The number of nitrogens with one attached hydrogen (secondary N) is 1. The summed E-state index contributed by atoms with van der Waals surface area (Å²) in [6.45, 7) is 10.5. The first-order valence-electron chi connectivity index (χ1n) is 11.2. The summed E-state index contributed by atoms with van der Waals surface area (Å²) in [4.78, 5) is 40.7. The zero-order chi connectivity index (χ0) is 23.5. The second-order valence-electron chi connectivity index (χ2n) is 8.67. The van der Waals surface area contributed by atoms with Crippen LogP contribution in [-0.4, -0.2) is 46.3 Å². The number of nitrogens with zero attached hydrogens (tertiary/aromatic N) is 3. The maximum Gasteiger partial charge on any atom is 0.358 e. The highest BCUT2D eigenvalue weighted by atomic mass is 16.5. The molecule has 0 spiro atoms. The van der Waals surface area contributed by atoms with Gasteiger partial charge in [-0.15, -0.1) is 0 Å². The van der Waals surface area contributed by atoms with Gasteiger partial charge in [-0.3, -0.25) is 19.2 Å². The highest BCUT2D eigenvalue weighted by molar-refractivity contribution is 6.12. The standard InChI is InChI=1S/C24H32N4O4/c1-6-17-8-10-18(11-9-17)28-21(29)20-14-19(22(30)32-7-2)26-27(20)15-24(28,5)23(31)25-13-12-16(3)4/h8-11,14,16H,6-7,12-13,15H2,1-5H3,(H,25,31)/t24-/m0/s1. The second-order valence-corrected chi connectivity index (χ2v) is 8.67. The minimum absolute atomic E-state index is 0.0564. The molecule has 8 nitrogen and oxygen atoms in total. The van der Waals surface area contributed by atoms with E-state index in [9.17, 15) is 14.4 Å². The molecule has 0 unspecified atom stereocenters. The number of aryl methyl sites for hydroxylation is 1. The number of benzene rings is 1. The maximum atomic E-state index is 13.6. The molecule has 1 atom stereocenters. The van der Waals surface area contributed by atoms with Crippen LogP contribution in [0, 0.1) is 5.92 Å². The van der Waals surface area contributed by atoms with E-state index < -0.39 is 11.5 Å². The Labute approximate surface area is 188 Å². The van der Waals surface area contributed by atoms with Crippen LogP contribution in [0.5, 0.6) is 0 Å². The summed E-state index contributed by atoms with van der Waals surface area (Å²) in [5, 5.41) is 7.26. The molecule has 0 bridgehead atoms. The molecule has 0 radical (unpaired) electrons. The van der Waals surface area contributed by atoms with Gasteiger partial charge in [-0.1, -0.05) is 32.9 Å². The van der Waals surface area contributed by atoms with Crippen molar-refractivity contribution >= 4 is 23.5 Å². The van der Waals surface area contributed by atoms with Crippen LogP contribution in [0.4, 0.5) is 5.69 Å². The lowest BCUT2D eigenvalue weighted by atomic mass is 9.93. The van der Waals surface area contributed by atoms with Gasteiger partial charge < -0.3 is 10.1 Å². The lowest BCUT2D eigenvalue weighted by Crippen LogP contribution is -2.64. The molecule has 1 aliphatic rings. The van der Waals surface area contributed by atoms with Gasteiger partial charge >= 0.3 is 5.97 Å². The molecule has 1 aliphatic heterocycles. The van der Waals surface area contributed by atoms with Crippen molar-refractivity contribution in [3.8, 4) is 0 Å². The molecule has 1 aromatic carbocycles. The SMILES string of the molecule is CCOC(=O)c1cc2n(n1)C[C@@](C)(C(=O)NCCC(C)C)N(c1ccc(CC)cc1)C2=O. The predicted molar refractivity (Wildman–Crippen MR) is 122 cm³/mol. The first kappa shape index (κ1) is 23.5. The summed E-state index contributed by atoms with van der Waals surface area (Å²) < 4.78 is 6.47. The number of hydrogen-bond acceptors (Lipinski definition) is 5. The quantitative estimate of drug-likeness (QED) is 0.636. The Morgan fingerprint density at radius 1 is 1.22 bits per heavy atom. The van der Waals surface area contributed by atoms with Crippen molar-refractivity contribution in [2.24, 2.45) is 5.92 Å². The Morgan fingerprint density at radius 2 is 1.91 bits per heavy atom. The van der Waals surface area contributed by atoms with Gasteiger partial charge in [0.2, 0.25) is 5.91 Å². The molecule has 0 saturated carbocycles. The number of ether oxygens (including phenoxy) is 1. The number of esters is 1. The lowest BCUT2D eigenvalue weighted by molar-refractivity contribution is -0.126. The fourth-order valence-corrected chi connectivity index (χ4v) is 3.84. The number of carbonyl (C=O) groups is 3. The van der Waals surface area contributed by atoms with Gasteiger partial charge in [-0.25, -0.2) is 4.79 Å². The van der Waals surface area contributed by atoms with E-state index >= 15 is 0 Å². The van der Waals surface area contributed by atoms with Gasteiger partial charge in [0, 0.05) is 18.3 Å². The minimum atomic E-state index is -1.22. The van der Waals surface area contributed by atoms with E-state index in [0.717, 1.165) is 18.4 Å². The molecule has 2 aromatic rings. The normalized spacial score (nSPS) is 17.9. The summed E-state index contributed by atoms with van der Waals surface area (Å²) in [6, 6.07) is 9.05. The molecule has 2 heterocycles. The van der Waals surface area contributed by atoms with Crippen LogP contribution < -0.4 is 10.2 Å². The number of rotatable bonds is 8.